The van der Waals surface area contributed by atoms with Crippen LogP contribution < -0.4 is 22.6 Å². The van der Waals surface area contributed by atoms with Crippen molar-refractivity contribution >= 4 is 5.97 Å². The first-order valence-electron chi connectivity index (χ1n) is 7.79. The SMILES string of the molecule is C=C(CC)C(=O)OC(C)(C[IH+])[C@]1(C)CC23CC1C[C@@H]2C3. The Morgan fingerprint density at radius 1 is 1.45 bits per heavy atom. The number of alkyl halides is 1. The molecule has 20 heavy (non-hydrogen) atoms. The van der Waals surface area contributed by atoms with Crippen LogP contribution in [0.3, 0.4) is 0 Å². The summed E-state index contributed by atoms with van der Waals surface area (Å²) < 4.78 is 6.91. The quantitative estimate of drug-likeness (QED) is 0.294. The van der Waals surface area contributed by atoms with Crippen LogP contribution in [-0.2, 0) is 9.53 Å². The van der Waals surface area contributed by atoms with Crippen molar-refractivity contribution in [1.29, 1.82) is 0 Å². The van der Waals surface area contributed by atoms with E-state index >= 15 is 0 Å². The Bertz CT molecular complexity index is 474. The molecule has 1 spiro atoms. The van der Waals surface area contributed by atoms with E-state index in [0.717, 1.165) is 16.3 Å². The average molecular weight is 389 g/mol. The maximum Gasteiger partial charge on any atom is 0.334 e. The van der Waals surface area contributed by atoms with Gasteiger partial charge in [-0.15, -0.1) is 0 Å². The van der Waals surface area contributed by atoms with Gasteiger partial charge in [0.2, 0.25) is 0 Å². The molecular formula is C17H26IO2+. The van der Waals surface area contributed by atoms with E-state index in [2.05, 4.69) is 43.0 Å². The normalized spacial score (nSPS) is 43.8. The summed E-state index contributed by atoms with van der Waals surface area (Å²) in [5.41, 5.74) is 1.04. The molecule has 0 radical (unpaired) electrons. The molecule has 0 aromatic carbocycles. The van der Waals surface area contributed by atoms with E-state index in [1.165, 1.54) is 25.7 Å². The van der Waals surface area contributed by atoms with Gasteiger partial charge in [0.05, 0.1) is 0 Å². The molecule has 3 saturated carbocycles. The van der Waals surface area contributed by atoms with E-state index in [1.54, 1.807) is 0 Å². The van der Waals surface area contributed by atoms with Crippen molar-refractivity contribution in [3.05, 3.63) is 12.2 Å². The van der Waals surface area contributed by atoms with Gasteiger partial charge in [-0.3, -0.25) is 0 Å². The maximum atomic E-state index is 12.2. The average Bonchev–Trinajstić information content (AvgIpc) is 2.86. The number of carbonyl (C=O) groups is 1. The predicted octanol–water partition coefficient (Wildman–Crippen LogP) is 0.366. The van der Waals surface area contributed by atoms with E-state index in [0.29, 0.717) is 17.4 Å². The Balaban J connectivity index is 1.82. The molecule has 3 aliphatic carbocycles. The van der Waals surface area contributed by atoms with Crippen LogP contribution in [0.15, 0.2) is 12.2 Å². The topological polar surface area (TPSA) is 26.3 Å². The first-order valence-corrected chi connectivity index (χ1v) is 9.44. The molecule has 0 N–H and O–H groups in total. The number of fused-ring (bicyclic) bond motifs is 1. The minimum Gasteiger partial charge on any atom is -0.451 e. The number of hydrogen-bond acceptors (Lipinski definition) is 2. The molecule has 0 aromatic heterocycles. The van der Waals surface area contributed by atoms with E-state index < -0.39 is 0 Å². The molecule has 0 heterocycles. The molecule has 3 unspecified atom stereocenters. The molecular weight excluding hydrogens is 363 g/mol. The van der Waals surface area contributed by atoms with Gasteiger partial charge in [0.1, 0.15) is 0 Å². The van der Waals surface area contributed by atoms with Crippen molar-refractivity contribution < 1.29 is 32.1 Å². The van der Waals surface area contributed by atoms with E-state index in [-0.39, 0.29) is 17.0 Å². The summed E-state index contributed by atoms with van der Waals surface area (Å²) in [6.45, 7) is 10.3. The molecule has 3 rings (SSSR count). The van der Waals surface area contributed by atoms with Crippen molar-refractivity contribution in [2.75, 3.05) is 4.43 Å². The Morgan fingerprint density at radius 2 is 2.10 bits per heavy atom. The summed E-state index contributed by atoms with van der Waals surface area (Å²) in [6.07, 6.45) is 6.09. The minimum atomic E-state index is -0.339. The monoisotopic (exact) mass is 389 g/mol. The standard InChI is InChI=1S/C17H26IO2/c1-5-11(2)14(19)20-16(4,10-18)15(3)9-17-7-12(15)6-13(17)8-17/h12-13,18H,2,5-10H2,1,3-4H3/q+1/t12?,13-,15-,16?,17?/m1/s1. The van der Waals surface area contributed by atoms with Gasteiger partial charge in [0.15, 0.2) is 10.0 Å². The zero-order valence-electron chi connectivity index (χ0n) is 12.8. The zero-order chi connectivity index (χ0) is 14.8. The van der Waals surface area contributed by atoms with Gasteiger partial charge in [0, 0.05) is 11.0 Å². The van der Waals surface area contributed by atoms with E-state index in [9.17, 15) is 4.79 Å². The number of carbonyl (C=O) groups excluding carboxylic acids is 1. The highest BCUT2D eigenvalue weighted by atomic mass is 127. The van der Waals surface area contributed by atoms with Crippen molar-refractivity contribution in [2.45, 2.75) is 58.5 Å². The van der Waals surface area contributed by atoms with Crippen molar-refractivity contribution in [3.63, 3.8) is 0 Å². The summed E-state index contributed by atoms with van der Waals surface area (Å²) >= 11 is 2.08. The molecule has 0 saturated heterocycles. The molecule has 2 bridgehead atoms. The van der Waals surface area contributed by atoms with Crippen molar-refractivity contribution in [3.8, 4) is 0 Å². The Labute approximate surface area is 135 Å². The zero-order valence-corrected chi connectivity index (χ0v) is 15.2. The lowest BCUT2D eigenvalue weighted by Crippen LogP contribution is -3.37. The van der Waals surface area contributed by atoms with Crippen LogP contribution in [0.1, 0.15) is 52.9 Å². The highest BCUT2D eigenvalue weighted by Crippen LogP contribution is 2.79. The number of rotatable bonds is 5. The van der Waals surface area contributed by atoms with Crippen LogP contribution in [0.5, 0.6) is 0 Å². The summed E-state index contributed by atoms with van der Waals surface area (Å²) in [5, 5.41) is 0. The lowest BCUT2D eigenvalue weighted by atomic mass is 9.65. The molecule has 0 amide bonds. The molecule has 3 heteroatoms. The lowest BCUT2D eigenvalue weighted by Gasteiger charge is -2.46. The van der Waals surface area contributed by atoms with E-state index in [1.807, 2.05) is 6.92 Å². The number of esters is 1. The molecule has 5 atom stereocenters. The van der Waals surface area contributed by atoms with Gasteiger partial charge in [-0.2, -0.15) is 0 Å². The third-order valence-corrected chi connectivity index (χ3v) is 8.29. The maximum absolute atomic E-state index is 12.2. The molecule has 3 aliphatic rings. The van der Waals surface area contributed by atoms with Gasteiger partial charge in [-0.25, -0.2) is 4.79 Å². The number of halogens is 1. The van der Waals surface area contributed by atoms with Gasteiger partial charge in [-0.1, -0.05) is 20.4 Å². The van der Waals surface area contributed by atoms with Gasteiger partial charge in [0.25, 0.3) is 22.6 Å². The fourth-order valence-corrected chi connectivity index (χ4v) is 6.04. The molecule has 0 aliphatic heterocycles. The van der Waals surface area contributed by atoms with Crippen LogP contribution >= 0.6 is 0 Å². The lowest BCUT2D eigenvalue weighted by molar-refractivity contribution is -0.410. The fourth-order valence-electron chi connectivity index (χ4n) is 4.93. The van der Waals surface area contributed by atoms with Crippen LogP contribution in [0.4, 0.5) is 0 Å². The van der Waals surface area contributed by atoms with Crippen LogP contribution in [0.2, 0.25) is 0 Å². The van der Waals surface area contributed by atoms with Gasteiger partial charge in [-0.05, 0) is 56.3 Å². The predicted molar refractivity (Wildman–Crippen MR) is 76.2 cm³/mol. The first-order chi connectivity index (χ1) is 9.30. The second kappa shape index (κ2) is 4.47. The molecule has 0 aromatic rings. The smallest absolute Gasteiger partial charge is 0.334 e. The largest absolute Gasteiger partial charge is 0.451 e. The molecule has 112 valence electrons. The number of ether oxygens (including phenoxy) is 1. The molecule has 3 fully saturated rings. The third kappa shape index (κ3) is 1.84. The Hall–Kier alpha value is -0.0600. The van der Waals surface area contributed by atoms with Crippen molar-refractivity contribution in [1.82, 2.24) is 0 Å². The summed E-state index contributed by atoms with van der Waals surface area (Å²) in [7, 11) is 0. The highest BCUT2D eigenvalue weighted by Gasteiger charge is 2.74. The Kier molecular flexibility index (Phi) is 3.32. The van der Waals surface area contributed by atoms with Gasteiger partial charge >= 0.3 is 5.97 Å². The minimum absolute atomic E-state index is 0.154. The summed E-state index contributed by atoms with van der Waals surface area (Å²) in [6, 6.07) is 0. The van der Waals surface area contributed by atoms with Crippen LogP contribution in [0.25, 0.3) is 0 Å². The van der Waals surface area contributed by atoms with Crippen molar-refractivity contribution in [2.24, 2.45) is 22.7 Å². The van der Waals surface area contributed by atoms with E-state index in [4.69, 9.17) is 4.74 Å². The summed E-state index contributed by atoms with van der Waals surface area (Å²) in [4.78, 5) is 12.2. The van der Waals surface area contributed by atoms with Crippen LogP contribution in [-0.4, -0.2) is 16.0 Å². The van der Waals surface area contributed by atoms with Gasteiger partial charge < -0.3 is 4.74 Å². The second-order valence-electron chi connectivity index (χ2n) is 7.72. The summed E-state index contributed by atoms with van der Waals surface area (Å²) in [5.74, 6) is 1.55. The number of hydrogen-bond donors (Lipinski definition) is 0. The highest BCUT2D eigenvalue weighted by molar-refractivity contribution is 5.88. The fraction of sp³-hybridized carbons (Fsp3) is 0.824. The Morgan fingerprint density at radius 3 is 2.55 bits per heavy atom. The third-order valence-electron chi connectivity index (χ3n) is 6.72. The van der Waals surface area contributed by atoms with Crippen LogP contribution in [0, 0.1) is 22.7 Å². The molecule has 2 nitrogen and oxygen atoms in total. The second-order valence-corrected chi connectivity index (χ2v) is 8.54. The first kappa shape index (κ1) is 14.9.